The molecular formula is C31H42N6O4. The van der Waals surface area contributed by atoms with Crippen LogP contribution in [-0.2, 0) is 34.0 Å². The molecule has 220 valence electrons. The van der Waals surface area contributed by atoms with E-state index in [4.69, 9.17) is 4.79 Å². The highest BCUT2D eigenvalue weighted by Crippen LogP contribution is 2.21. The van der Waals surface area contributed by atoms with Gasteiger partial charge in [-0.15, -0.1) is 0 Å². The summed E-state index contributed by atoms with van der Waals surface area (Å²) in [7, 11) is 6.13. The summed E-state index contributed by atoms with van der Waals surface area (Å²) < 4.78 is 0. The lowest BCUT2D eigenvalue weighted by atomic mass is 10.1. The molecule has 10 heteroatoms. The van der Waals surface area contributed by atoms with Gasteiger partial charge in [-0.3, -0.25) is 30.1 Å². The summed E-state index contributed by atoms with van der Waals surface area (Å²) in [6.45, 7) is 3.99. The van der Waals surface area contributed by atoms with Gasteiger partial charge in [-0.1, -0.05) is 54.6 Å². The summed E-state index contributed by atoms with van der Waals surface area (Å²) in [6.07, 6.45) is 0.835. The Kier molecular flexibility index (Phi) is 14.8. The molecule has 0 bridgehead atoms. The number of hydrogen-bond acceptors (Lipinski definition) is 8. The number of benzene rings is 3. The molecule has 1 atom stereocenters. The van der Waals surface area contributed by atoms with Crippen LogP contribution >= 0.6 is 0 Å². The molecule has 3 aromatic carbocycles. The van der Waals surface area contributed by atoms with Gasteiger partial charge < -0.3 is 14.8 Å². The Hall–Kier alpha value is -4.09. The number of hydrazine groups is 1. The van der Waals surface area contributed by atoms with Crippen LogP contribution in [0.2, 0.25) is 0 Å². The molecule has 0 saturated heterocycles. The largest absolute Gasteiger partial charge is 0.508 e. The molecular weight excluding hydrogens is 520 g/mol. The number of nitrogens with one attached hydrogen (secondary N) is 3. The van der Waals surface area contributed by atoms with Crippen molar-refractivity contribution in [1.29, 1.82) is 0 Å². The highest BCUT2D eigenvalue weighted by molar-refractivity contribution is 5.95. The molecule has 41 heavy (non-hydrogen) atoms. The smallest absolute Gasteiger partial charge is 0.244 e. The molecule has 10 nitrogen and oxygen atoms in total. The number of anilines is 1. The van der Waals surface area contributed by atoms with Crippen molar-refractivity contribution in [2.75, 3.05) is 39.1 Å². The van der Waals surface area contributed by atoms with E-state index < -0.39 is 6.17 Å². The number of rotatable bonds is 15. The molecule has 0 aromatic heterocycles. The van der Waals surface area contributed by atoms with Crippen molar-refractivity contribution in [3.8, 4) is 5.75 Å². The van der Waals surface area contributed by atoms with E-state index in [-0.39, 0.29) is 18.2 Å². The molecule has 0 aliphatic heterocycles. The van der Waals surface area contributed by atoms with Crippen LogP contribution in [0.15, 0.2) is 78.9 Å². The van der Waals surface area contributed by atoms with E-state index in [0.29, 0.717) is 31.7 Å². The zero-order valence-electron chi connectivity index (χ0n) is 24.3. The van der Waals surface area contributed by atoms with Crippen LogP contribution in [0, 0.1) is 0 Å². The van der Waals surface area contributed by atoms with E-state index in [2.05, 4.69) is 64.3 Å². The normalized spacial score (nSPS) is 11.4. The third-order valence-electron chi connectivity index (χ3n) is 5.92. The summed E-state index contributed by atoms with van der Waals surface area (Å²) in [6, 6.07) is 25.1. The third-order valence-corrected chi connectivity index (χ3v) is 5.92. The number of carbonyl (C=O) groups excluding carboxylic acids is 3. The Morgan fingerprint density at radius 2 is 1.49 bits per heavy atom. The van der Waals surface area contributed by atoms with Gasteiger partial charge in [0.15, 0.2) is 0 Å². The van der Waals surface area contributed by atoms with Crippen molar-refractivity contribution in [3.63, 3.8) is 0 Å². The second kappa shape index (κ2) is 18.3. The zero-order valence-corrected chi connectivity index (χ0v) is 24.3. The molecule has 0 saturated carbocycles. The first-order valence-electron chi connectivity index (χ1n) is 13.4. The summed E-state index contributed by atoms with van der Waals surface area (Å²) in [5.41, 5.74) is 9.12. The molecule has 4 N–H and O–H groups in total. The number of aldehydes is 1. The highest BCUT2D eigenvalue weighted by Gasteiger charge is 2.26. The second-order valence-corrected chi connectivity index (χ2v) is 9.77. The van der Waals surface area contributed by atoms with Gasteiger partial charge in [0.05, 0.1) is 6.54 Å². The molecule has 0 spiro atoms. The molecule has 3 aromatic rings. The van der Waals surface area contributed by atoms with Gasteiger partial charge in [-0.05, 0) is 69.0 Å². The number of likely N-dealkylation sites (N-methyl/N-ethyl adjacent to an activating group) is 1. The molecule has 0 fully saturated rings. The first-order chi connectivity index (χ1) is 19.8. The zero-order chi connectivity index (χ0) is 30.0. The average molecular weight is 563 g/mol. The molecule has 0 aliphatic carbocycles. The van der Waals surface area contributed by atoms with Crippen LogP contribution in [0.25, 0.3) is 0 Å². The van der Waals surface area contributed by atoms with Crippen molar-refractivity contribution in [1.82, 2.24) is 26.0 Å². The maximum atomic E-state index is 13.4. The fraction of sp³-hybridized carbons (Fsp3) is 0.323. The first-order valence-corrected chi connectivity index (χ1v) is 13.4. The van der Waals surface area contributed by atoms with Gasteiger partial charge in [0, 0.05) is 31.9 Å². The SMILES string of the molecule is CC=O.CN(C)Cc1cccc(CN(C)CC(NCc2ccccc2)N(C(=O)CNNC=O)c2ccc(O)cc2)c1. The maximum Gasteiger partial charge on any atom is 0.244 e. The Bertz CT molecular complexity index is 1190. The predicted molar refractivity (Wildman–Crippen MR) is 162 cm³/mol. The van der Waals surface area contributed by atoms with Crippen molar-refractivity contribution < 1.29 is 19.5 Å². The third kappa shape index (κ3) is 12.3. The van der Waals surface area contributed by atoms with E-state index >= 15 is 0 Å². The molecule has 0 aliphatic rings. The fourth-order valence-electron chi connectivity index (χ4n) is 4.30. The number of amides is 2. The first kappa shape index (κ1) is 33.1. The van der Waals surface area contributed by atoms with Gasteiger partial charge >= 0.3 is 0 Å². The minimum Gasteiger partial charge on any atom is -0.508 e. The van der Waals surface area contributed by atoms with E-state index in [1.807, 2.05) is 37.4 Å². The summed E-state index contributed by atoms with van der Waals surface area (Å²) >= 11 is 0. The van der Waals surface area contributed by atoms with E-state index in [0.717, 1.165) is 18.4 Å². The predicted octanol–water partition coefficient (Wildman–Crippen LogP) is 2.49. The number of phenols is 1. The molecule has 0 radical (unpaired) electrons. The number of hydrogen-bond donors (Lipinski definition) is 4. The summed E-state index contributed by atoms with van der Waals surface area (Å²) in [4.78, 5) is 38.9. The Balaban J connectivity index is 0.00000187. The number of carbonyl (C=O) groups is 3. The van der Waals surface area contributed by atoms with E-state index in [9.17, 15) is 14.7 Å². The molecule has 3 rings (SSSR count). The van der Waals surface area contributed by atoms with Gasteiger partial charge in [0.1, 0.15) is 18.2 Å². The average Bonchev–Trinajstić information content (AvgIpc) is 2.94. The maximum absolute atomic E-state index is 13.4. The topological polar surface area (TPSA) is 117 Å². The summed E-state index contributed by atoms with van der Waals surface area (Å²) in [5, 5.41) is 13.4. The molecule has 0 heterocycles. The Labute approximate surface area is 242 Å². The van der Waals surface area contributed by atoms with Crippen molar-refractivity contribution in [2.24, 2.45) is 0 Å². The number of phenolic OH excluding ortho intramolecular Hbond substituents is 1. The standard InChI is InChI=1S/C29H38N6O3.C2H4O/c1-33(2)19-24-10-7-11-25(16-24)20-34(3)21-28(30-17-23-8-5-4-6-9-23)35(29(38)18-31-32-22-36)26-12-14-27(37)15-13-26;1-2-3/h4-16,22,28,30-31,37H,17-21H2,1-3H3,(H,32,36);2H,1H3. The monoisotopic (exact) mass is 562 g/mol. The van der Waals surface area contributed by atoms with Crippen LogP contribution in [0.5, 0.6) is 5.75 Å². The number of aromatic hydroxyl groups is 1. The summed E-state index contributed by atoms with van der Waals surface area (Å²) in [5.74, 6) is -0.123. The lowest BCUT2D eigenvalue weighted by Gasteiger charge is -2.35. The van der Waals surface area contributed by atoms with Crippen LogP contribution in [0.4, 0.5) is 5.69 Å². The van der Waals surface area contributed by atoms with Gasteiger partial charge in [-0.2, -0.15) is 0 Å². The van der Waals surface area contributed by atoms with Gasteiger partial charge in [-0.25, -0.2) is 5.43 Å². The quantitative estimate of drug-likeness (QED) is 0.0967. The van der Waals surface area contributed by atoms with Crippen molar-refractivity contribution >= 4 is 24.3 Å². The van der Waals surface area contributed by atoms with Crippen molar-refractivity contribution in [2.45, 2.75) is 32.7 Å². The van der Waals surface area contributed by atoms with Crippen LogP contribution in [0.3, 0.4) is 0 Å². The Morgan fingerprint density at radius 3 is 2.10 bits per heavy atom. The van der Waals surface area contributed by atoms with Gasteiger partial charge in [0.25, 0.3) is 0 Å². The van der Waals surface area contributed by atoms with Crippen LogP contribution < -0.4 is 21.1 Å². The van der Waals surface area contributed by atoms with Crippen LogP contribution in [0.1, 0.15) is 23.6 Å². The highest BCUT2D eigenvalue weighted by atomic mass is 16.3. The van der Waals surface area contributed by atoms with E-state index in [1.54, 1.807) is 29.2 Å². The van der Waals surface area contributed by atoms with Gasteiger partial charge in [0.2, 0.25) is 12.3 Å². The Morgan fingerprint density at radius 1 is 0.878 bits per heavy atom. The number of nitrogens with zero attached hydrogens (tertiary/aromatic N) is 3. The lowest BCUT2D eigenvalue weighted by molar-refractivity contribution is -0.119. The van der Waals surface area contributed by atoms with Crippen LogP contribution in [-0.4, -0.2) is 73.9 Å². The minimum atomic E-state index is -0.403. The second-order valence-electron chi connectivity index (χ2n) is 9.77. The van der Waals surface area contributed by atoms with Crippen molar-refractivity contribution in [3.05, 3.63) is 95.6 Å². The fourth-order valence-corrected chi connectivity index (χ4v) is 4.30. The lowest BCUT2D eigenvalue weighted by Crippen LogP contribution is -2.56. The minimum absolute atomic E-state index is 0.0978. The molecule has 2 amide bonds. The molecule has 1 unspecified atom stereocenters. The van der Waals surface area contributed by atoms with E-state index in [1.165, 1.54) is 18.1 Å².